The van der Waals surface area contributed by atoms with Crippen molar-refractivity contribution < 1.29 is 0 Å². The van der Waals surface area contributed by atoms with Gasteiger partial charge in [-0.3, -0.25) is 9.48 Å². The monoisotopic (exact) mass is 331 g/mol. The Morgan fingerprint density at radius 1 is 1.20 bits per heavy atom. The number of benzene rings is 1. The zero-order chi connectivity index (χ0) is 14.3. The molecule has 0 unspecified atom stereocenters. The summed E-state index contributed by atoms with van der Waals surface area (Å²) in [7, 11) is 1.89. The van der Waals surface area contributed by atoms with Gasteiger partial charge in [-0.2, -0.15) is 5.10 Å². The Bertz CT molecular complexity index is 848. The maximum absolute atomic E-state index is 12.2. The van der Waals surface area contributed by atoms with Gasteiger partial charge in [0.05, 0.1) is 27.9 Å². The first-order valence-electron chi connectivity index (χ1n) is 6.34. The minimum atomic E-state index is -0.00514. The van der Waals surface area contributed by atoms with Crippen LogP contribution in [0.4, 0.5) is 0 Å². The molecule has 1 aromatic carbocycles. The van der Waals surface area contributed by atoms with Gasteiger partial charge in [-0.05, 0) is 40.4 Å². The van der Waals surface area contributed by atoms with Gasteiger partial charge in [-0.15, -0.1) is 0 Å². The van der Waals surface area contributed by atoms with E-state index in [1.165, 1.54) is 0 Å². The van der Waals surface area contributed by atoms with E-state index in [9.17, 15) is 4.79 Å². The molecule has 0 spiro atoms. The molecule has 0 radical (unpaired) electrons. The molecule has 102 valence electrons. The quantitative estimate of drug-likeness (QED) is 0.724. The third-order valence-electron chi connectivity index (χ3n) is 3.47. The highest BCUT2D eigenvalue weighted by molar-refractivity contribution is 9.10. The number of para-hydroxylation sites is 1. The summed E-state index contributed by atoms with van der Waals surface area (Å²) in [6.45, 7) is 2.44. The largest absolute Gasteiger partial charge is 0.302 e. The Morgan fingerprint density at radius 3 is 2.65 bits per heavy atom. The number of fused-ring (bicyclic) bond motifs is 1. The fourth-order valence-corrected chi connectivity index (χ4v) is 2.87. The SMILES string of the molecule is Cc1nn(C)c(Cn2c(=O)ccc3ccccc32)c1Br. The van der Waals surface area contributed by atoms with Gasteiger partial charge in [-0.25, -0.2) is 0 Å². The van der Waals surface area contributed by atoms with E-state index in [0.29, 0.717) is 6.54 Å². The zero-order valence-electron chi connectivity index (χ0n) is 11.3. The maximum Gasteiger partial charge on any atom is 0.251 e. The highest BCUT2D eigenvalue weighted by Gasteiger charge is 2.13. The third-order valence-corrected chi connectivity index (χ3v) is 4.50. The van der Waals surface area contributed by atoms with Crippen molar-refractivity contribution >= 4 is 26.8 Å². The number of aromatic nitrogens is 3. The second-order valence-electron chi connectivity index (χ2n) is 4.79. The topological polar surface area (TPSA) is 39.8 Å². The van der Waals surface area contributed by atoms with E-state index in [0.717, 1.165) is 26.8 Å². The van der Waals surface area contributed by atoms with Crippen molar-refractivity contribution in [2.24, 2.45) is 7.05 Å². The molecule has 5 heteroatoms. The van der Waals surface area contributed by atoms with Crippen LogP contribution in [0.25, 0.3) is 10.9 Å². The molecule has 0 atom stereocenters. The number of aryl methyl sites for hydroxylation is 2. The summed E-state index contributed by atoms with van der Waals surface area (Å²) in [5, 5.41) is 5.43. The molecule has 0 aliphatic heterocycles. The molecule has 0 fully saturated rings. The van der Waals surface area contributed by atoms with Crippen LogP contribution < -0.4 is 5.56 Å². The van der Waals surface area contributed by atoms with Gasteiger partial charge in [0.15, 0.2) is 0 Å². The van der Waals surface area contributed by atoms with Crippen molar-refractivity contribution in [1.29, 1.82) is 0 Å². The summed E-state index contributed by atoms with van der Waals surface area (Å²) in [5.41, 5.74) is 2.84. The summed E-state index contributed by atoms with van der Waals surface area (Å²) >= 11 is 3.55. The predicted octanol–water partition coefficient (Wildman–Crippen LogP) is 2.85. The van der Waals surface area contributed by atoms with E-state index in [4.69, 9.17) is 0 Å². The molecule has 0 aliphatic rings. The van der Waals surface area contributed by atoms with Crippen molar-refractivity contribution in [3.05, 3.63) is 62.6 Å². The van der Waals surface area contributed by atoms with Crippen LogP contribution in [0.5, 0.6) is 0 Å². The van der Waals surface area contributed by atoms with Crippen molar-refractivity contribution in [2.45, 2.75) is 13.5 Å². The highest BCUT2D eigenvalue weighted by Crippen LogP contribution is 2.22. The molecular weight excluding hydrogens is 318 g/mol. The molecule has 2 aromatic heterocycles. The molecule has 2 heterocycles. The van der Waals surface area contributed by atoms with Crippen LogP contribution in [0.15, 0.2) is 45.7 Å². The van der Waals surface area contributed by atoms with Gasteiger partial charge in [0.2, 0.25) is 0 Å². The molecule has 0 saturated carbocycles. The number of halogens is 1. The van der Waals surface area contributed by atoms with Gasteiger partial charge in [0.1, 0.15) is 0 Å². The maximum atomic E-state index is 12.2. The molecule has 0 N–H and O–H groups in total. The van der Waals surface area contributed by atoms with Crippen molar-refractivity contribution in [1.82, 2.24) is 14.3 Å². The second-order valence-corrected chi connectivity index (χ2v) is 5.58. The average molecular weight is 332 g/mol. The molecule has 3 aromatic rings. The lowest BCUT2D eigenvalue weighted by atomic mass is 10.2. The van der Waals surface area contributed by atoms with Gasteiger partial charge >= 0.3 is 0 Å². The molecule has 20 heavy (non-hydrogen) atoms. The summed E-state index contributed by atoms with van der Waals surface area (Å²) in [4.78, 5) is 12.2. The summed E-state index contributed by atoms with van der Waals surface area (Å²) in [5.74, 6) is 0. The van der Waals surface area contributed by atoms with Crippen LogP contribution in [0, 0.1) is 6.92 Å². The first kappa shape index (κ1) is 13.1. The molecule has 0 saturated heterocycles. The fraction of sp³-hybridized carbons (Fsp3) is 0.200. The molecule has 0 bridgehead atoms. The van der Waals surface area contributed by atoms with Crippen LogP contribution in [-0.4, -0.2) is 14.3 Å². The Kier molecular flexibility index (Phi) is 3.22. The molecular formula is C15H14BrN3O. The number of pyridine rings is 1. The predicted molar refractivity (Wildman–Crippen MR) is 83.0 cm³/mol. The normalized spacial score (nSPS) is 11.2. The lowest BCUT2D eigenvalue weighted by molar-refractivity contribution is 0.661. The van der Waals surface area contributed by atoms with E-state index in [1.807, 2.05) is 49.0 Å². The lowest BCUT2D eigenvalue weighted by Crippen LogP contribution is -2.21. The second kappa shape index (κ2) is 4.90. The van der Waals surface area contributed by atoms with Crippen LogP contribution in [0.2, 0.25) is 0 Å². The van der Waals surface area contributed by atoms with Crippen LogP contribution in [-0.2, 0) is 13.6 Å². The molecule has 0 amide bonds. The van der Waals surface area contributed by atoms with E-state index in [1.54, 1.807) is 10.6 Å². The minimum Gasteiger partial charge on any atom is -0.302 e. The number of rotatable bonds is 2. The van der Waals surface area contributed by atoms with Gasteiger partial charge in [-0.1, -0.05) is 18.2 Å². The number of hydrogen-bond donors (Lipinski definition) is 0. The fourth-order valence-electron chi connectivity index (χ4n) is 2.41. The Morgan fingerprint density at radius 2 is 1.95 bits per heavy atom. The Balaban J connectivity index is 2.20. The zero-order valence-corrected chi connectivity index (χ0v) is 12.9. The smallest absolute Gasteiger partial charge is 0.251 e. The van der Waals surface area contributed by atoms with Crippen LogP contribution in [0.3, 0.4) is 0 Å². The third kappa shape index (κ3) is 2.08. The lowest BCUT2D eigenvalue weighted by Gasteiger charge is -2.10. The highest BCUT2D eigenvalue weighted by atomic mass is 79.9. The minimum absolute atomic E-state index is 0.00514. The van der Waals surface area contributed by atoms with Gasteiger partial charge < -0.3 is 4.57 Å². The Labute approximate surface area is 124 Å². The number of nitrogens with zero attached hydrogens (tertiary/aromatic N) is 3. The molecule has 3 rings (SSSR count). The van der Waals surface area contributed by atoms with Crippen molar-refractivity contribution in [2.75, 3.05) is 0 Å². The number of hydrogen-bond acceptors (Lipinski definition) is 2. The average Bonchev–Trinajstić information content (AvgIpc) is 2.68. The summed E-state index contributed by atoms with van der Waals surface area (Å²) in [6.07, 6.45) is 0. The van der Waals surface area contributed by atoms with Crippen LogP contribution >= 0.6 is 15.9 Å². The Hall–Kier alpha value is -1.88. The van der Waals surface area contributed by atoms with Gasteiger partial charge in [0.25, 0.3) is 5.56 Å². The van der Waals surface area contributed by atoms with E-state index >= 15 is 0 Å². The van der Waals surface area contributed by atoms with Gasteiger partial charge in [0, 0.05) is 13.1 Å². The summed E-state index contributed by atoms with van der Waals surface area (Å²) < 4.78 is 4.55. The van der Waals surface area contributed by atoms with Crippen LogP contribution in [0.1, 0.15) is 11.4 Å². The first-order chi connectivity index (χ1) is 9.58. The summed E-state index contributed by atoms with van der Waals surface area (Å²) in [6, 6.07) is 11.4. The van der Waals surface area contributed by atoms with E-state index in [-0.39, 0.29) is 5.56 Å². The standard InChI is InChI=1S/C15H14BrN3O/c1-10-15(16)13(18(2)17-10)9-19-12-6-4-3-5-11(12)7-8-14(19)20/h3-8H,9H2,1-2H3. The van der Waals surface area contributed by atoms with Crippen molar-refractivity contribution in [3.8, 4) is 0 Å². The molecule has 0 aliphatic carbocycles. The molecule has 4 nitrogen and oxygen atoms in total. The van der Waals surface area contributed by atoms with Crippen molar-refractivity contribution in [3.63, 3.8) is 0 Å². The van der Waals surface area contributed by atoms with E-state index < -0.39 is 0 Å². The first-order valence-corrected chi connectivity index (χ1v) is 7.14. The van der Waals surface area contributed by atoms with E-state index in [2.05, 4.69) is 21.0 Å².